The molecule has 2 rings (SSSR count). The molecule has 7 nitrogen and oxygen atoms in total. The summed E-state index contributed by atoms with van der Waals surface area (Å²) in [7, 11) is 1.53. The first-order chi connectivity index (χ1) is 11.8. The summed E-state index contributed by atoms with van der Waals surface area (Å²) in [6, 6.07) is 4.96. The van der Waals surface area contributed by atoms with Crippen molar-refractivity contribution in [2.24, 2.45) is 0 Å². The summed E-state index contributed by atoms with van der Waals surface area (Å²) in [5, 5.41) is 12.7. The number of aliphatic hydroxyl groups is 1. The van der Waals surface area contributed by atoms with Crippen molar-refractivity contribution in [3.63, 3.8) is 0 Å². The molecule has 1 saturated heterocycles. The van der Waals surface area contributed by atoms with Gasteiger partial charge < -0.3 is 19.9 Å². The molecule has 1 aliphatic heterocycles. The van der Waals surface area contributed by atoms with E-state index in [0.29, 0.717) is 17.9 Å². The standard InChI is InChI=1S/C18H24N2O5/c1-5-6-12-7-8-14(15(9-12)24-4)25-11-13(21)10-20-16(22)18(2,3)19-17(20)23/h5,7-9,13,21H,1,6,10-11H2,2-4H3,(H,19,23). The average Bonchev–Trinajstić information content (AvgIpc) is 2.75. The summed E-state index contributed by atoms with van der Waals surface area (Å²) in [5.41, 5.74) is 0.0725. The fourth-order valence-corrected chi connectivity index (χ4v) is 2.56. The van der Waals surface area contributed by atoms with E-state index in [9.17, 15) is 14.7 Å². The molecule has 1 aromatic carbocycles. The summed E-state index contributed by atoms with van der Waals surface area (Å²) in [5.74, 6) is 0.650. The van der Waals surface area contributed by atoms with E-state index in [0.717, 1.165) is 10.5 Å². The van der Waals surface area contributed by atoms with Crippen LogP contribution in [0.2, 0.25) is 0 Å². The fourth-order valence-electron chi connectivity index (χ4n) is 2.56. The first kappa shape index (κ1) is 18.8. The Morgan fingerprint density at radius 1 is 1.36 bits per heavy atom. The number of allylic oxidation sites excluding steroid dienone is 1. The van der Waals surface area contributed by atoms with Gasteiger partial charge in [0.1, 0.15) is 18.2 Å². The second kappa shape index (κ2) is 7.57. The molecular weight excluding hydrogens is 324 g/mol. The van der Waals surface area contributed by atoms with Crippen molar-refractivity contribution in [3.8, 4) is 11.5 Å². The molecule has 1 atom stereocenters. The van der Waals surface area contributed by atoms with Crippen molar-refractivity contribution in [2.45, 2.75) is 31.9 Å². The number of aliphatic hydroxyl groups excluding tert-OH is 1. The Kier molecular flexibility index (Phi) is 5.69. The third-order valence-corrected chi connectivity index (χ3v) is 3.88. The Bertz CT molecular complexity index is 671. The number of urea groups is 1. The number of hydrogen-bond acceptors (Lipinski definition) is 5. The van der Waals surface area contributed by atoms with E-state index in [-0.39, 0.29) is 19.1 Å². The second-order valence-corrected chi connectivity index (χ2v) is 6.41. The Morgan fingerprint density at radius 2 is 2.08 bits per heavy atom. The number of benzene rings is 1. The summed E-state index contributed by atoms with van der Waals surface area (Å²) >= 11 is 0. The Labute approximate surface area is 147 Å². The van der Waals surface area contributed by atoms with Gasteiger partial charge in [0, 0.05) is 0 Å². The second-order valence-electron chi connectivity index (χ2n) is 6.41. The zero-order valence-electron chi connectivity index (χ0n) is 14.7. The van der Waals surface area contributed by atoms with Crippen molar-refractivity contribution in [2.75, 3.05) is 20.3 Å². The summed E-state index contributed by atoms with van der Waals surface area (Å²) in [6.45, 7) is 6.72. The van der Waals surface area contributed by atoms with Gasteiger partial charge in [-0.3, -0.25) is 9.69 Å². The number of amides is 3. The lowest BCUT2D eigenvalue weighted by atomic mass is 10.1. The third-order valence-electron chi connectivity index (χ3n) is 3.88. The highest BCUT2D eigenvalue weighted by molar-refractivity contribution is 6.06. The zero-order chi connectivity index (χ0) is 18.6. The molecule has 0 bridgehead atoms. The molecule has 1 aromatic rings. The van der Waals surface area contributed by atoms with E-state index in [1.807, 2.05) is 12.1 Å². The molecule has 0 spiro atoms. The molecule has 136 valence electrons. The molecule has 1 heterocycles. The predicted octanol–water partition coefficient (Wildman–Crippen LogP) is 1.49. The normalized spacial score (nSPS) is 17.2. The van der Waals surface area contributed by atoms with Crippen LogP contribution in [0.1, 0.15) is 19.4 Å². The Hall–Kier alpha value is -2.54. The van der Waals surface area contributed by atoms with Crippen LogP contribution < -0.4 is 14.8 Å². The van der Waals surface area contributed by atoms with E-state index >= 15 is 0 Å². The van der Waals surface area contributed by atoms with Gasteiger partial charge in [0.2, 0.25) is 0 Å². The van der Waals surface area contributed by atoms with Crippen molar-refractivity contribution in [1.82, 2.24) is 10.2 Å². The minimum Gasteiger partial charge on any atom is -0.493 e. The highest BCUT2D eigenvalue weighted by Gasteiger charge is 2.44. The van der Waals surface area contributed by atoms with Crippen LogP contribution in [-0.4, -0.2) is 53.8 Å². The number of nitrogens with zero attached hydrogens (tertiary/aromatic N) is 1. The number of imide groups is 1. The Morgan fingerprint density at radius 3 is 2.64 bits per heavy atom. The summed E-state index contributed by atoms with van der Waals surface area (Å²) in [4.78, 5) is 24.9. The third kappa shape index (κ3) is 4.30. The highest BCUT2D eigenvalue weighted by atomic mass is 16.5. The zero-order valence-corrected chi connectivity index (χ0v) is 14.7. The van der Waals surface area contributed by atoms with E-state index in [1.54, 1.807) is 26.0 Å². The van der Waals surface area contributed by atoms with Crippen LogP contribution in [0.5, 0.6) is 11.5 Å². The van der Waals surface area contributed by atoms with E-state index < -0.39 is 17.7 Å². The predicted molar refractivity (Wildman–Crippen MR) is 92.7 cm³/mol. The lowest BCUT2D eigenvalue weighted by Crippen LogP contribution is -2.42. The maximum atomic E-state index is 12.1. The number of carbonyl (C=O) groups is 2. The SMILES string of the molecule is C=CCc1ccc(OCC(O)CN2C(=O)NC(C)(C)C2=O)c(OC)c1. The van der Waals surface area contributed by atoms with Gasteiger partial charge in [-0.15, -0.1) is 6.58 Å². The van der Waals surface area contributed by atoms with Crippen molar-refractivity contribution in [3.05, 3.63) is 36.4 Å². The van der Waals surface area contributed by atoms with Crippen molar-refractivity contribution in [1.29, 1.82) is 0 Å². The number of methoxy groups -OCH3 is 1. The van der Waals surface area contributed by atoms with Gasteiger partial charge in [-0.2, -0.15) is 0 Å². The molecule has 0 radical (unpaired) electrons. The molecular formula is C18H24N2O5. The van der Waals surface area contributed by atoms with Crippen LogP contribution >= 0.6 is 0 Å². The van der Waals surface area contributed by atoms with Gasteiger partial charge >= 0.3 is 6.03 Å². The molecule has 1 fully saturated rings. The van der Waals surface area contributed by atoms with Crippen LogP contribution in [0.15, 0.2) is 30.9 Å². The molecule has 0 aliphatic carbocycles. The minimum atomic E-state index is -1.01. The van der Waals surface area contributed by atoms with Gasteiger partial charge in [-0.1, -0.05) is 12.1 Å². The lowest BCUT2D eigenvalue weighted by molar-refractivity contribution is -0.131. The van der Waals surface area contributed by atoms with E-state index in [2.05, 4.69) is 11.9 Å². The minimum absolute atomic E-state index is 0.0747. The average molecular weight is 348 g/mol. The first-order valence-electron chi connectivity index (χ1n) is 8.01. The van der Waals surface area contributed by atoms with Crippen LogP contribution in [0.25, 0.3) is 0 Å². The van der Waals surface area contributed by atoms with Gasteiger partial charge in [0.15, 0.2) is 11.5 Å². The molecule has 0 aromatic heterocycles. The van der Waals surface area contributed by atoms with Crippen LogP contribution in [-0.2, 0) is 11.2 Å². The van der Waals surface area contributed by atoms with Gasteiger partial charge in [-0.25, -0.2) is 4.79 Å². The van der Waals surface area contributed by atoms with Gasteiger partial charge in [-0.05, 0) is 38.0 Å². The number of carbonyl (C=O) groups excluding carboxylic acids is 2. The fraction of sp³-hybridized carbons (Fsp3) is 0.444. The summed E-state index contributed by atoms with van der Waals surface area (Å²) < 4.78 is 10.9. The largest absolute Gasteiger partial charge is 0.493 e. The number of β-amino-alcohol motifs (C(OH)–C–C–N with tert-alkyl or cyclic N) is 1. The maximum absolute atomic E-state index is 12.1. The molecule has 7 heteroatoms. The molecule has 2 N–H and O–H groups in total. The number of nitrogens with one attached hydrogen (secondary N) is 1. The number of hydrogen-bond donors (Lipinski definition) is 2. The Balaban J connectivity index is 1.96. The van der Waals surface area contributed by atoms with E-state index in [4.69, 9.17) is 9.47 Å². The molecule has 25 heavy (non-hydrogen) atoms. The summed E-state index contributed by atoms with van der Waals surface area (Å²) in [6.07, 6.45) is 1.49. The molecule has 1 aliphatic rings. The van der Waals surface area contributed by atoms with Crippen molar-refractivity contribution >= 4 is 11.9 Å². The highest BCUT2D eigenvalue weighted by Crippen LogP contribution is 2.28. The van der Waals surface area contributed by atoms with Gasteiger partial charge in [0.25, 0.3) is 5.91 Å². The van der Waals surface area contributed by atoms with Crippen LogP contribution in [0.3, 0.4) is 0 Å². The number of rotatable bonds is 8. The first-order valence-corrected chi connectivity index (χ1v) is 8.01. The molecule has 1 unspecified atom stereocenters. The lowest BCUT2D eigenvalue weighted by Gasteiger charge is -2.20. The topological polar surface area (TPSA) is 88.1 Å². The molecule has 3 amide bonds. The van der Waals surface area contributed by atoms with Crippen molar-refractivity contribution < 1.29 is 24.2 Å². The maximum Gasteiger partial charge on any atom is 0.325 e. The number of ether oxygens (including phenoxy) is 2. The van der Waals surface area contributed by atoms with Crippen LogP contribution in [0, 0.1) is 0 Å². The smallest absolute Gasteiger partial charge is 0.325 e. The monoisotopic (exact) mass is 348 g/mol. The van der Waals surface area contributed by atoms with Gasteiger partial charge in [0.05, 0.1) is 13.7 Å². The molecule has 0 saturated carbocycles. The van der Waals surface area contributed by atoms with Crippen LogP contribution in [0.4, 0.5) is 4.79 Å². The quantitative estimate of drug-likeness (QED) is 0.549. The van der Waals surface area contributed by atoms with E-state index in [1.165, 1.54) is 7.11 Å².